The van der Waals surface area contributed by atoms with Crippen molar-refractivity contribution in [2.75, 3.05) is 18.8 Å². The van der Waals surface area contributed by atoms with Crippen LogP contribution < -0.4 is 0 Å². The van der Waals surface area contributed by atoms with Crippen molar-refractivity contribution >= 4 is 31.9 Å². The van der Waals surface area contributed by atoms with Gasteiger partial charge in [-0.15, -0.1) is 0 Å². The largest absolute Gasteiger partial charge is 0.444 e. The van der Waals surface area contributed by atoms with Crippen molar-refractivity contribution in [3.8, 4) is 0 Å². The molecule has 134 valence electrons. The van der Waals surface area contributed by atoms with Gasteiger partial charge in [0.05, 0.1) is 10.6 Å². The highest BCUT2D eigenvalue weighted by Crippen LogP contribution is 2.24. The highest BCUT2D eigenvalue weighted by atomic mass is 79.9. The van der Waals surface area contributed by atoms with Crippen LogP contribution in [-0.2, 0) is 14.6 Å². The predicted molar refractivity (Wildman–Crippen MR) is 96.7 cm³/mol. The Morgan fingerprint density at radius 2 is 2.08 bits per heavy atom. The van der Waals surface area contributed by atoms with Gasteiger partial charge in [-0.25, -0.2) is 13.2 Å². The summed E-state index contributed by atoms with van der Waals surface area (Å²) in [5.41, 5.74) is -0.549. The Kier molecular flexibility index (Phi) is 5.96. The lowest BCUT2D eigenvalue weighted by Crippen LogP contribution is -2.44. The highest BCUT2D eigenvalue weighted by molar-refractivity contribution is 9.10. The summed E-state index contributed by atoms with van der Waals surface area (Å²) >= 11 is 3.30. The van der Waals surface area contributed by atoms with Crippen LogP contribution in [0.2, 0.25) is 0 Å². The van der Waals surface area contributed by atoms with Crippen molar-refractivity contribution in [2.45, 2.75) is 44.1 Å². The van der Waals surface area contributed by atoms with Crippen LogP contribution in [0.4, 0.5) is 4.79 Å². The van der Waals surface area contributed by atoms with E-state index in [9.17, 15) is 13.2 Å². The van der Waals surface area contributed by atoms with Crippen LogP contribution in [0.1, 0.15) is 33.6 Å². The Hall–Kier alpha value is -1.08. The number of hydrogen-bond acceptors (Lipinski definition) is 4. The van der Waals surface area contributed by atoms with E-state index in [4.69, 9.17) is 4.74 Å². The maximum absolute atomic E-state index is 12.6. The van der Waals surface area contributed by atoms with Crippen LogP contribution in [0, 0.1) is 5.92 Å². The zero-order valence-corrected chi connectivity index (χ0v) is 16.7. The summed E-state index contributed by atoms with van der Waals surface area (Å²) in [6.45, 7) is 6.50. The van der Waals surface area contributed by atoms with Gasteiger partial charge < -0.3 is 9.64 Å². The third-order valence-corrected chi connectivity index (χ3v) is 6.16. The van der Waals surface area contributed by atoms with E-state index < -0.39 is 15.4 Å². The number of carbonyl (C=O) groups is 1. The number of likely N-dealkylation sites (tertiary alicyclic amines) is 1. The lowest BCUT2D eigenvalue weighted by molar-refractivity contribution is 0.0176. The lowest BCUT2D eigenvalue weighted by Gasteiger charge is -2.34. The van der Waals surface area contributed by atoms with E-state index in [-0.39, 0.29) is 17.8 Å². The second-order valence-corrected chi connectivity index (χ2v) is 10.1. The average Bonchev–Trinajstić information content (AvgIpc) is 2.45. The first-order valence-corrected chi connectivity index (χ1v) is 10.5. The van der Waals surface area contributed by atoms with Gasteiger partial charge in [0, 0.05) is 17.6 Å². The van der Waals surface area contributed by atoms with Gasteiger partial charge in [0.2, 0.25) is 0 Å². The molecular formula is C17H24BrNO4S. The molecular weight excluding hydrogens is 394 g/mol. The van der Waals surface area contributed by atoms with E-state index in [0.717, 1.165) is 17.3 Å². The predicted octanol–water partition coefficient (Wildman–Crippen LogP) is 3.87. The maximum atomic E-state index is 12.6. The molecule has 1 aliphatic heterocycles. The zero-order valence-electron chi connectivity index (χ0n) is 14.3. The van der Waals surface area contributed by atoms with E-state index in [1.54, 1.807) is 29.2 Å². The summed E-state index contributed by atoms with van der Waals surface area (Å²) in [5.74, 6) is -0.0294. The molecule has 2 rings (SSSR count). The Labute approximate surface area is 152 Å². The molecule has 0 spiro atoms. The number of piperidine rings is 1. The standard InChI is InChI=1S/C17H24BrNO4S/c1-17(2,3)23-16(20)19-9-5-6-13(11-19)12-24(21,22)15-8-4-7-14(18)10-15/h4,7-8,10,13H,5-6,9,11-12H2,1-3H3. The average molecular weight is 418 g/mol. The van der Waals surface area contributed by atoms with Gasteiger partial charge in [-0.05, 0) is 57.7 Å². The Balaban J connectivity index is 2.03. The van der Waals surface area contributed by atoms with Gasteiger partial charge in [-0.3, -0.25) is 0 Å². The van der Waals surface area contributed by atoms with Crippen LogP contribution in [0.25, 0.3) is 0 Å². The maximum Gasteiger partial charge on any atom is 0.410 e. The first-order valence-electron chi connectivity index (χ1n) is 8.03. The van der Waals surface area contributed by atoms with Crippen molar-refractivity contribution in [2.24, 2.45) is 5.92 Å². The van der Waals surface area contributed by atoms with E-state index in [2.05, 4.69) is 15.9 Å². The third-order valence-electron chi connectivity index (χ3n) is 3.78. The van der Waals surface area contributed by atoms with Gasteiger partial charge >= 0.3 is 6.09 Å². The minimum atomic E-state index is -3.38. The molecule has 0 saturated carbocycles. The van der Waals surface area contributed by atoms with Crippen molar-refractivity contribution < 1.29 is 17.9 Å². The van der Waals surface area contributed by atoms with E-state index >= 15 is 0 Å². The molecule has 1 aliphatic rings. The molecule has 0 N–H and O–H groups in total. The molecule has 1 amide bonds. The second-order valence-electron chi connectivity index (χ2n) is 7.17. The van der Waals surface area contributed by atoms with Crippen molar-refractivity contribution in [1.82, 2.24) is 4.90 Å². The fourth-order valence-electron chi connectivity index (χ4n) is 2.76. The monoisotopic (exact) mass is 417 g/mol. The van der Waals surface area contributed by atoms with Gasteiger partial charge in [0.25, 0.3) is 0 Å². The number of halogens is 1. The number of carbonyl (C=O) groups excluding carboxylic acids is 1. The molecule has 1 aromatic carbocycles. The summed E-state index contributed by atoms with van der Waals surface area (Å²) in [4.78, 5) is 14.1. The number of hydrogen-bond donors (Lipinski definition) is 0. The molecule has 0 radical (unpaired) electrons. The summed E-state index contributed by atoms with van der Waals surface area (Å²) in [6.07, 6.45) is 1.22. The summed E-state index contributed by atoms with van der Waals surface area (Å²) in [7, 11) is -3.38. The van der Waals surface area contributed by atoms with E-state index in [1.807, 2.05) is 20.8 Å². The molecule has 0 aromatic heterocycles. The quantitative estimate of drug-likeness (QED) is 0.748. The third kappa shape index (κ3) is 5.48. The summed E-state index contributed by atoms with van der Waals surface area (Å²) in [6, 6.07) is 6.73. The van der Waals surface area contributed by atoms with Crippen LogP contribution in [0.5, 0.6) is 0 Å². The smallest absolute Gasteiger partial charge is 0.410 e. The van der Waals surface area contributed by atoms with E-state index in [1.165, 1.54) is 0 Å². The number of benzene rings is 1. The topological polar surface area (TPSA) is 63.7 Å². The Morgan fingerprint density at radius 1 is 1.38 bits per heavy atom. The molecule has 1 atom stereocenters. The molecule has 24 heavy (non-hydrogen) atoms. The lowest BCUT2D eigenvalue weighted by atomic mass is 10.0. The van der Waals surface area contributed by atoms with E-state index in [0.29, 0.717) is 18.0 Å². The van der Waals surface area contributed by atoms with Crippen molar-refractivity contribution in [3.63, 3.8) is 0 Å². The number of rotatable bonds is 3. The van der Waals surface area contributed by atoms with Gasteiger partial charge in [-0.2, -0.15) is 0 Å². The Bertz CT molecular complexity index is 697. The second kappa shape index (κ2) is 7.44. The van der Waals surface area contributed by atoms with Crippen LogP contribution in [0.3, 0.4) is 0 Å². The number of ether oxygens (including phenoxy) is 1. The fraction of sp³-hybridized carbons (Fsp3) is 0.588. The Morgan fingerprint density at radius 3 is 2.71 bits per heavy atom. The first-order chi connectivity index (χ1) is 11.1. The van der Waals surface area contributed by atoms with Crippen molar-refractivity contribution in [3.05, 3.63) is 28.7 Å². The fourth-order valence-corrected chi connectivity index (χ4v) is 4.99. The van der Waals surface area contributed by atoms with Crippen LogP contribution >= 0.6 is 15.9 Å². The molecule has 1 unspecified atom stereocenters. The van der Waals surface area contributed by atoms with Crippen LogP contribution in [0.15, 0.2) is 33.6 Å². The summed E-state index contributed by atoms with van der Waals surface area (Å²) in [5, 5.41) is 0. The number of amides is 1. The first kappa shape index (κ1) is 19.2. The minimum absolute atomic E-state index is 0.0444. The van der Waals surface area contributed by atoms with Gasteiger partial charge in [0.1, 0.15) is 5.60 Å². The minimum Gasteiger partial charge on any atom is -0.444 e. The molecule has 7 heteroatoms. The SMILES string of the molecule is CC(C)(C)OC(=O)N1CCCC(CS(=O)(=O)c2cccc(Br)c2)C1. The molecule has 0 bridgehead atoms. The normalized spacial score (nSPS) is 19.2. The molecule has 0 aliphatic carbocycles. The van der Waals surface area contributed by atoms with Crippen molar-refractivity contribution in [1.29, 1.82) is 0 Å². The molecule has 1 aromatic rings. The van der Waals surface area contributed by atoms with Gasteiger partial charge in [-0.1, -0.05) is 22.0 Å². The molecule has 1 saturated heterocycles. The number of nitrogens with zero attached hydrogens (tertiary/aromatic N) is 1. The highest BCUT2D eigenvalue weighted by Gasteiger charge is 2.30. The zero-order chi connectivity index (χ0) is 18.0. The van der Waals surface area contributed by atoms with Gasteiger partial charge in [0.15, 0.2) is 9.84 Å². The van der Waals surface area contributed by atoms with Crippen LogP contribution in [-0.4, -0.2) is 43.9 Å². The molecule has 1 heterocycles. The number of sulfone groups is 1. The molecule has 5 nitrogen and oxygen atoms in total. The molecule has 1 fully saturated rings. The summed E-state index contributed by atoms with van der Waals surface area (Å²) < 4.78 is 31.3.